The van der Waals surface area contributed by atoms with Gasteiger partial charge in [0.2, 0.25) is 0 Å². The summed E-state index contributed by atoms with van der Waals surface area (Å²) in [6.07, 6.45) is 0. The van der Waals surface area contributed by atoms with Gasteiger partial charge in [-0.05, 0) is 13.8 Å². The Morgan fingerprint density at radius 1 is 1.53 bits per heavy atom. The number of amides is 2. The van der Waals surface area contributed by atoms with Crippen LogP contribution in [-0.2, 0) is 4.74 Å². The van der Waals surface area contributed by atoms with Crippen LogP contribution in [0, 0.1) is 0 Å². The fraction of sp³-hybridized carbons (Fsp3) is 0.583. The number of carbonyl (C=O) groups excluding carboxylic acids is 2. The molecule has 0 aromatic carbocycles. The number of esters is 1. The normalized spacial score (nSPS) is 14.9. The molecule has 1 aliphatic heterocycles. The summed E-state index contributed by atoms with van der Waals surface area (Å²) < 4.78 is 4.97. The van der Waals surface area contributed by atoms with Crippen LogP contribution in [0.25, 0.3) is 0 Å². The van der Waals surface area contributed by atoms with Gasteiger partial charge in [0, 0.05) is 30.4 Å². The van der Waals surface area contributed by atoms with Crippen LogP contribution in [0.15, 0.2) is 5.51 Å². The Kier molecular flexibility index (Phi) is 4.36. The quantitative estimate of drug-likeness (QED) is 0.849. The van der Waals surface area contributed by atoms with Gasteiger partial charge in [-0.1, -0.05) is 0 Å². The van der Waals surface area contributed by atoms with E-state index >= 15 is 0 Å². The molecule has 0 radical (unpaired) electrons. The first-order chi connectivity index (χ1) is 9.17. The molecule has 1 fully saturated rings. The van der Waals surface area contributed by atoms with Gasteiger partial charge >= 0.3 is 12.0 Å². The summed E-state index contributed by atoms with van der Waals surface area (Å²) in [7, 11) is 0. The van der Waals surface area contributed by atoms with Crippen molar-refractivity contribution >= 4 is 23.3 Å². The van der Waals surface area contributed by atoms with Crippen molar-refractivity contribution in [3.8, 4) is 0 Å². The number of thiazole rings is 1. The van der Waals surface area contributed by atoms with E-state index in [9.17, 15) is 9.59 Å². The van der Waals surface area contributed by atoms with E-state index in [1.54, 1.807) is 17.3 Å². The molecule has 2 heterocycles. The van der Waals surface area contributed by atoms with Crippen LogP contribution < -0.4 is 5.32 Å². The smallest absolute Gasteiger partial charge is 0.358 e. The Morgan fingerprint density at radius 2 is 2.26 bits per heavy atom. The second-order valence-electron chi connectivity index (χ2n) is 4.22. The first-order valence-electron chi connectivity index (χ1n) is 6.30. The molecule has 0 atom stereocenters. The molecule has 1 saturated heterocycles. The molecule has 0 saturated carbocycles. The van der Waals surface area contributed by atoms with Crippen molar-refractivity contribution < 1.29 is 14.3 Å². The Hall–Kier alpha value is -1.63. The van der Waals surface area contributed by atoms with Gasteiger partial charge in [-0.15, -0.1) is 11.3 Å². The molecule has 0 bridgehead atoms. The zero-order chi connectivity index (χ0) is 13.8. The van der Waals surface area contributed by atoms with E-state index in [1.807, 2.05) is 6.92 Å². The van der Waals surface area contributed by atoms with Crippen LogP contribution in [0.3, 0.4) is 0 Å². The molecule has 0 spiro atoms. The third-order valence-corrected chi connectivity index (χ3v) is 3.92. The largest absolute Gasteiger partial charge is 0.461 e. The predicted molar refractivity (Wildman–Crippen MR) is 71.5 cm³/mol. The number of carbonyl (C=O) groups is 2. The summed E-state index contributed by atoms with van der Waals surface area (Å²) in [5, 5.41) is 2.75. The lowest BCUT2D eigenvalue weighted by atomic mass is 9.97. The number of likely N-dealkylation sites (tertiary alicyclic amines) is 1. The van der Waals surface area contributed by atoms with Gasteiger partial charge in [0.05, 0.1) is 12.1 Å². The molecule has 1 aliphatic rings. The molecule has 0 unspecified atom stereocenters. The van der Waals surface area contributed by atoms with Crippen molar-refractivity contribution in [2.75, 3.05) is 26.2 Å². The summed E-state index contributed by atoms with van der Waals surface area (Å²) >= 11 is 1.44. The molecule has 2 amide bonds. The Bertz CT molecular complexity index is 469. The average molecular weight is 283 g/mol. The van der Waals surface area contributed by atoms with Crippen LogP contribution in [0.4, 0.5) is 4.79 Å². The predicted octanol–water partition coefficient (Wildman–Crippen LogP) is 1.45. The van der Waals surface area contributed by atoms with Gasteiger partial charge in [-0.2, -0.15) is 0 Å². The van der Waals surface area contributed by atoms with Crippen molar-refractivity contribution in [3.63, 3.8) is 0 Å². The lowest BCUT2D eigenvalue weighted by Crippen LogP contribution is -2.52. The summed E-state index contributed by atoms with van der Waals surface area (Å²) in [6, 6.07) is -0.0547. The minimum Gasteiger partial charge on any atom is -0.461 e. The minimum absolute atomic E-state index is 0.0547. The second-order valence-corrected chi connectivity index (χ2v) is 5.11. The first-order valence-corrected chi connectivity index (χ1v) is 7.18. The number of hydrogen-bond acceptors (Lipinski definition) is 5. The lowest BCUT2D eigenvalue weighted by molar-refractivity contribution is 0.0517. The van der Waals surface area contributed by atoms with Crippen LogP contribution in [0.5, 0.6) is 0 Å². The maximum Gasteiger partial charge on any atom is 0.358 e. The number of ether oxygens (including phenoxy) is 1. The van der Waals surface area contributed by atoms with E-state index in [4.69, 9.17) is 4.74 Å². The van der Waals surface area contributed by atoms with Crippen LogP contribution >= 0.6 is 11.3 Å². The number of aromatic nitrogens is 1. The fourth-order valence-electron chi connectivity index (χ4n) is 1.97. The molecule has 2 rings (SSSR count). The van der Waals surface area contributed by atoms with E-state index in [2.05, 4.69) is 10.3 Å². The number of nitrogens with zero attached hydrogens (tertiary/aromatic N) is 2. The van der Waals surface area contributed by atoms with Gasteiger partial charge < -0.3 is 15.0 Å². The molecule has 1 N–H and O–H groups in total. The third-order valence-electron chi connectivity index (χ3n) is 2.93. The zero-order valence-corrected chi connectivity index (χ0v) is 11.8. The van der Waals surface area contributed by atoms with E-state index in [0.717, 1.165) is 4.88 Å². The van der Waals surface area contributed by atoms with Crippen molar-refractivity contribution in [2.45, 2.75) is 19.8 Å². The van der Waals surface area contributed by atoms with Crippen molar-refractivity contribution in [1.82, 2.24) is 15.2 Å². The van der Waals surface area contributed by atoms with Crippen molar-refractivity contribution in [3.05, 3.63) is 16.1 Å². The monoisotopic (exact) mass is 283 g/mol. The topological polar surface area (TPSA) is 71.5 Å². The fourth-order valence-corrected chi connectivity index (χ4v) is 2.83. The Labute approximate surface area is 115 Å². The molecule has 7 heteroatoms. The van der Waals surface area contributed by atoms with E-state index in [1.165, 1.54) is 11.3 Å². The first kappa shape index (κ1) is 13.8. The van der Waals surface area contributed by atoms with Gasteiger partial charge in [0.1, 0.15) is 0 Å². The molecule has 0 aliphatic carbocycles. The van der Waals surface area contributed by atoms with Gasteiger partial charge in [-0.3, -0.25) is 0 Å². The second kappa shape index (κ2) is 6.01. The van der Waals surface area contributed by atoms with Crippen molar-refractivity contribution in [2.24, 2.45) is 0 Å². The minimum atomic E-state index is -0.379. The number of urea groups is 1. The van der Waals surface area contributed by atoms with Crippen LogP contribution in [-0.4, -0.2) is 48.1 Å². The Morgan fingerprint density at radius 3 is 2.89 bits per heavy atom. The molecule has 104 valence electrons. The summed E-state index contributed by atoms with van der Waals surface area (Å²) in [4.78, 5) is 30.0. The number of nitrogens with one attached hydrogen (secondary N) is 1. The Balaban J connectivity index is 1.97. The highest BCUT2D eigenvalue weighted by Crippen LogP contribution is 2.32. The van der Waals surface area contributed by atoms with Gasteiger partial charge in [0.25, 0.3) is 0 Å². The molecular formula is C12H17N3O3S. The SMILES string of the molecule is CCNC(=O)N1CC(c2scnc2C(=O)OCC)C1. The van der Waals surface area contributed by atoms with Gasteiger partial charge in [-0.25, -0.2) is 14.6 Å². The lowest BCUT2D eigenvalue weighted by Gasteiger charge is -2.38. The summed E-state index contributed by atoms with van der Waals surface area (Å²) in [6.45, 7) is 5.86. The van der Waals surface area contributed by atoms with Gasteiger partial charge in [0.15, 0.2) is 5.69 Å². The summed E-state index contributed by atoms with van der Waals surface area (Å²) in [5.74, 6) is -0.190. The average Bonchev–Trinajstić information content (AvgIpc) is 2.76. The van der Waals surface area contributed by atoms with Crippen LogP contribution in [0.1, 0.15) is 35.1 Å². The van der Waals surface area contributed by atoms with E-state index < -0.39 is 0 Å². The molecule has 6 nitrogen and oxygen atoms in total. The number of hydrogen-bond donors (Lipinski definition) is 1. The molecular weight excluding hydrogens is 266 g/mol. The van der Waals surface area contributed by atoms with E-state index in [0.29, 0.717) is 31.9 Å². The number of rotatable bonds is 4. The van der Waals surface area contributed by atoms with E-state index in [-0.39, 0.29) is 17.9 Å². The highest BCUT2D eigenvalue weighted by atomic mass is 32.1. The molecule has 1 aromatic heterocycles. The third kappa shape index (κ3) is 2.86. The molecule has 19 heavy (non-hydrogen) atoms. The highest BCUT2D eigenvalue weighted by molar-refractivity contribution is 7.10. The summed E-state index contributed by atoms with van der Waals surface area (Å²) in [5.41, 5.74) is 2.04. The zero-order valence-electron chi connectivity index (χ0n) is 11.0. The van der Waals surface area contributed by atoms with Crippen LogP contribution in [0.2, 0.25) is 0 Å². The highest BCUT2D eigenvalue weighted by Gasteiger charge is 2.35. The molecule has 1 aromatic rings. The maximum absolute atomic E-state index is 11.7. The van der Waals surface area contributed by atoms with Crippen molar-refractivity contribution in [1.29, 1.82) is 0 Å². The standard InChI is InChI=1S/C12H17N3O3S/c1-3-13-12(17)15-5-8(6-15)10-9(14-7-19-10)11(16)18-4-2/h7-8H,3-6H2,1-2H3,(H,13,17). The maximum atomic E-state index is 11.7.